The molecule has 0 aromatic rings. The zero-order valence-corrected chi connectivity index (χ0v) is 16.4. The monoisotopic (exact) mass is 380 g/mol. The summed E-state index contributed by atoms with van der Waals surface area (Å²) in [6, 6.07) is 0. The molecule has 2 heterocycles. The van der Waals surface area contributed by atoms with E-state index in [1.165, 1.54) is 0 Å². The lowest BCUT2D eigenvalue weighted by molar-refractivity contribution is -0.146. The number of aliphatic imine (C=N–C) groups is 1. The van der Waals surface area contributed by atoms with E-state index in [0.29, 0.717) is 32.4 Å². The minimum absolute atomic E-state index is 0.0604. The molecule has 8 heteroatoms. The normalized spacial score (nSPS) is 19.1. The number of hydrogen-bond acceptors (Lipinski definition) is 4. The molecular formula is C19H36N6O2. The Kier molecular flexibility index (Phi) is 8.84. The molecule has 2 saturated heterocycles. The maximum Gasteiger partial charge on any atom is 0.226 e. The lowest BCUT2D eigenvalue weighted by Gasteiger charge is -2.32. The van der Waals surface area contributed by atoms with E-state index in [1.807, 2.05) is 9.80 Å². The summed E-state index contributed by atoms with van der Waals surface area (Å²) in [5, 5.41) is 0. The highest BCUT2D eigenvalue weighted by Crippen LogP contribution is 2.29. The molecule has 0 radical (unpaired) electrons. The van der Waals surface area contributed by atoms with Crippen LogP contribution >= 0.6 is 0 Å². The van der Waals surface area contributed by atoms with Gasteiger partial charge in [-0.2, -0.15) is 0 Å². The minimum atomic E-state index is -0.308. The van der Waals surface area contributed by atoms with Crippen LogP contribution in [0, 0.1) is 11.8 Å². The third-order valence-corrected chi connectivity index (χ3v) is 5.64. The number of carbonyl (C=O) groups is 2. The molecule has 0 saturated carbocycles. The van der Waals surface area contributed by atoms with E-state index in [4.69, 9.17) is 17.2 Å². The van der Waals surface area contributed by atoms with Crippen LogP contribution in [0.25, 0.3) is 0 Å². The Morgan fingerprint density at radius 3 is 1.67 bits per heavy atom. The van der Waals surface area contributed by atoms with E-state index in [9.17, 15) is 9.59 Å². The van der Waals surface area contributed by atoms with Crippen LogP contribution in [0.1, 0.15) is 51.4 Å². The van der Waals surface area contributed by atoms with Gasteiger partial charge in [-0.05, 0) is 57.9 Å². The van der Waals surface area contributed by atoms with Crippen molar-refractivity contribution in [3.05, 3.63) is 0 Å². The number of nitrogens with zero attached hydrogens (tertiary/aromatic N) is 3. The van der Waals surface area contributed by atoms with E-state index < -0.39 is 0 Å². The van der Waals surface area contributed by atoms with Gasteiger partial charge in [0.15, 0.2) is 5.96 Å². The average Bonchev–Trinajstić information content (AvgIpc) is 3.36. The van der Waals surface area contributed by atoms with Crippen LogP contribution < -0.4 is 17.2 Å². The molecule has 2 aliphatic rings. The molecule has 2 fully saturated rings. The Labute approximate surface area is 162 Å². The highest BCUT2D eigenvalue weighted by Gasteiger charge is 2.38. The van der Waals surface area contributed by atoms with Crippen LogP contribution in [0.15, 0.2) is 4.99 Å². The fourth-order valence-corrected chi connectivity index (χ4v) is 4.19. The number of carbonyl (C=O) groups excluding carboxylic acids is 2. The fourth-order valence-electron chi connectivity index (χ4n) is 4.19. The van der Waals surface area contributed by atoms with Crippen molar-refractivity contribution >= 4 is 17.8 Å². The highest BCUT2D eigenvalue weighted by atomic mass is 16.2. The van der Waals surface area contributed by atoms with Crippen molar-refractivity contribution in [2.75, 3.05) is 39.3 Å². The second-order valence-electron chi connectivity index (χ2n) is 7.66. The van der Waals surface area contributed by atoms with Crippen molar-refractivity contribution in [2.24, 2.45) is 34.0 Å². The quantitative estimate of drug-likeness (QED) is 0.284. The molecule has 0 aliphatic carbocycles. The van der Waals surface area contributed by atoms with Gasteiger partial charge in [-0.1, -0.05) is 0 Å². The topological polar surface area (TPSA) is 131 Å². The van der Waals surface area contributed by atoms with Gasteiger partial charge in [0, 0.05) is 44.6 Å². The molecule has 0 aromatic heterocycles. The second-order valence-corrected chi connectivity index (χ2v) is 7.66. The lowest BCUT2D eigenvalue weighted by Crippen LogP contribution is -2.44. The van der Waals surface area contributed by atoms with Crippen LogP contribution in [-0.2, 0) is 9.59 Å². The van der Waals surface area contributed by atoms with E-state index in [1.54, 1.807) is 0 Å². The number of rotatable bonds is 10. The number of guanidine groups is 1. The maximum atomic E-state index is 13.2. The van der Waals surface area contributed by atoms with Crippen LogP contribution in [-0.4, -0.2) is 66.8 Å². The summed E-state index contributed by atoms with van der Waals surface area (Å²) in [6.07, 6.45) is 6.91. The van der Waals surface area contributed by atoms with Crippen LogP contribution in [0.4, 0.5) is 0 Å². The van der Waals surface area contributed by atoms with Crippen LogP contribution in [0.2, 0.25) is 0 Å². The molecule has 6 N–H and O–H groups in total. The first kappa shape index (κ1) is 21.5. The summed E-state index contributed by atoms with van der Waals surface area (Å²) in [6.45, 7) is 4.21. The lowest BCUT2D eigenvalue weighted by atomic mass is 9.82. The Bertz CT molecular complexity index is 508. The van der Waals surface area contributed by atoms with Crippen molar-refractivity contribution in [3.63, 3.8) is 0 Å². The minimum Gasteiger partial charge on any atom is -0.370 e. The smallest absolute Gasteiger partial charge is 0.226 e. The first-order valence-electron chi connectivity index (χ1n) is 10.4. The Balaban J connectivity index is 2.13. The van der Waals surface area contributed by atoms with Gasteiger partial charge in [-0.25, -0.2) is 0 Å². The van der Waals surface area contributed by atoms with Crippen molar-refractivity contribution in [1.82, 2.24) is 9.80 Å². The van der Waals surface area contributed by atoms with Crippen molar-refractivity contribution in [2.45, 2.75) is 51.4 Å². The average molecular weight is 381 g/mol. The summed E-state index contributed by atoms with van der Waals surface area (Å²) in [5.41, 5.74) is 16.5. The van der Waals surface area contributed by atoms with E-state index >= 15 is 0 Å². The molecule has 2 aliphatic heterocycles. The molecule has 27 heavy (non-hydrogen) atoms. The zero-order chi connectivity index (χ0) is 19.6. The van der Waals surface area contributed by atoms with E-state index in [0.717, 1.165) is 58.3 Å². The van der Waals surface area contributed by atoms with Crippen LogP contribution in [0.3, 0.4) is 0 Å². The van der Waals surface area contributed by atoms with Gasteiger partial charge in [0.25, 0.3) is 0 Å². The second kappa shape index (κ2) is 11.1. The van der Waals surface area contributed by atoms with Gasteiger partial charge in [-0.15, -0.1) is 0 Å². The molecule has 2 amide bonds. The summed E-state index contributed by atoms with van der Waals surface area (Å²) in [5.74, 6) is -0.298. The number of hydrogen-bond donors (Lipinski definition) is 3. The highest BCUT2D eigenvalue weighted by molar-refractivity contribution is 5.88. The molecule has 8 nitrogen and oxygen atoms in total. The van der Waals surface area contributed by atoms with Gasteiger partial charge in [0.2, 0.25) is 11.8 Å². The van der Waals surface area contributed by atoms with E-state index in [2.05, 4.69) is 4.99 Å². The van der Waals surface area contributed by atoms with E-state index in [-0.39, 0.29) is 29.6 Å². The molecule has 2 rings (SSSR count). The van der Waals surface area contributed by atoms with Crippen molar-refractivity contribution < 1.29 is 9.59 Å². The van der Waals surface area contributed by atoms with Crippen LogP contribution in [0.5, 0.6) is 0 Å². The number of likely N-dealkylation sites (tertiary alicyclic amines) is 2. The Morgan fingerprint density at radius 2 is 1.26 bits per heavy atom. The van der Waals surface area contributed by atoms with Gasteiger partial charge in [-0.3, -0.25) is 14.6 Å². The fraction of sp³-hybridized carbons (Fsp3) is 0.842. The van der Waals surface area contributed by atoms with Crippen molar-refractivity contribution in [3.8, 4) is 0 Å². The summed E-state index contributed by atoms with van der Waals surface area (Å²) < 4.78 is 0. The molecule has 0 aromatic carbocycles. The molecule has 0 bridgehead atoms. The summed E-state index contributed by atoms with van der Waals surface area (Å²) in [7, 11) is 0. The SMILES string of the molecule is NCCC[C@@H](C(=O)N1CCCC1)C(CCCN=C(N)N)C(=O)N1CCCC1. The third kappa shape index (κ3) is 6.37. The molecule has 1 unspecified atom stereocenters. The van der Waals surface area contributed by atoms with Gasteiger partial charge < -0.3 is 27.0 Å². The first-order chi connectivity index (χ1) is 13.0. The standard InChI is InChI=1S/C19H36N6O2/c20-9-5-7-15(17(26)24-11-1-2-12-24)16(8-6-10-23-19(21)22)18(27)25-13-3-4-14-25/h15-16H,1-14,20H2,(H4,21,22,23)/t15-,16?/m1/s1. The number of nitrogens with two attached hydrogens (primary N) is 3. The first-order valence-corrected chi connectivity index (χ1v) is 10.4. The molecule has 154 valence electrons. The zero-order valence-electron chi connectivity index (χ0n) is 16.4. The van der Waals surface area contributed by atoms with Gasteiger partial charge in [0.1, 0.15) is 0 Å². The summed E-state index contributed by atoms with van der Waals surface area (Å²) in [4.78, 5) is 34.3. The summed E-state index contributed by atoms with van der Waals surface area (Å²) >= 11 is 0. The Hall–Kier alpha value is -1.83. The molecule has 0 spiro atoms. The molecule has 2 atom stereocenters. The van der Waals surface area contributed by atoms with Gasteiger partial charge in [0.05, 0.1) is 0 Å². The predicted octanol–water partition coefficient (Wildman–Crippen LogP) is 0.256. The van der Waals surface area contributed by atoms with Gasteiger partial charge >= 0.3 is 0 Å². The Morgan fingerprint density at radius 1 is 0.815 bits per heavy atom. The maximum absolute atomic E-state index is 13.2. The largest absolute Gasteiger partial charge is 0.370 e. The van der Waals surface area contributed by atoms with Crippen molar-refractivity contribution in [1.29, 1.82) is 0 Å². The third-order valence-electron chi connectivity index (χ3n) is 5.64. The molecular weight excluding hydrogens is 344 g/mol. The predicted molar refractivity (Wildman–Crippen MR) is 107 cm³/mol. The number of amides is 2.